The fourth-order valence-electron chi connectivity index (χ4n) is 1.78. The largest absolute Gasteiger partial charge is 0.380 e. The van der Waals surface area contributed by atoms with Crippen LogP contribution in [0.25, 0.3) is 0 Å². The summed E-state index contributed by atoms with van der Waals surface area (Å²) < 4.78 is 0.871. The highest BCUT2D eigenvalue weighted by Crippen LogP contribution is 2.25. The molecule has 1 saturated heterocycles. The van der Waals surface area contributed by atoms with Crippen LogP contribution >= 0.6 is 15.9 Å². The molecule has 5 heteroatoms. The van der Waals surface area contributed by atoms with Gasteiger partial charge >= 0.3 is 0 Å². The van der Waals surface area contributed by atoms with Gasteiger partial charge in [-0.1, -0.05) is 0 Å². The number of hydrogen-bond acceptors (Lipinski definition) is 3. The Hall–Kier alpha value is -1.07. The lowest BCUT2D eigenvalue weighted by Gasteiger charge is -2.14. The average Bonchev–Trinajstić information content (AvgIpc) is 2.73. The number of halogens is 1. The summed E-state index contributed by atoms with van der Waals surface area (Å²) in [5.41, 5.74) is 6.72. The van der Waals surface area contributed by atoms with E-state index in [0.29, 0.717) is 11.6 Å². The molecule has 1 unspecified atom stereocenters. The Morgan fingerprint density at radius 2 is 2.38 bits per heavy atom. The monoisotopic (exact) mass is 283 g/mol. The summed E-state index contributed by atoms with van der Waals surface area (Å²) in [4.78, 5) is 11.0. The van der Waals surface area contributed by atoms with Gasteiger partial charge in [0.25, 0.3) is 0 Å². The van der Waals surface area contributed by atoms with Crippen molar-refractivity contribution in [3.8, 4) is 0 Å². The standard InChI is InChI=1S/C11H14BrN3O/c12-9-5-7(11(13)16)1-2-10(9)15-8-3-4-14-6-8/h1-2,5,8,14-15H,3-4,6H2,(H2,13,16). The van der Waals surface area contributed by atoms with Crippen molar-refractivity contribution in [1.29, 1.82) is 0 Å². The number of amides is 1. The minimum Gasteiger partial charge on any atom is -0.380 e. The fourth-order valence-corrected chi connectivity index (χ4v) is 2.28. The van der Waals surface area contributed by atoms with Crippen molar-refractivity contribution in [2.45, 2.75) is 12.5 Å². The molecule has 1 aliphatic rings. The number of nitrogens with one attached hydrogen (secondary N) is 2. The molecule has 1 aliphatic heterocycles. The average molecular weight is 284 g/mol. The number of primary amides is 1. The lowest BCUT2D eigenvalue weighted by molar-refractivity contribution is 0.100. The zero-order valence-electron chi connectivity index (χ0n) is 8.79. The van der Waals surface area contributed by atoms with Crippen LogP contribution in [0.3, 0.4) is 0 Å². The van der Waals surface area contributed by atoms with Gasteiger partial charge in [0, 0.05) is 28.3 Å². The first-order valence-electron chi connectivity index (χ1n) is 5.23. The molecule has 4 nitrogen and oxygen atoms in total. The maximum absolute atomic E-state index is 11.0. The van der Waals surface area contributed by atoms with Crippen LogP contribution < -0.4 is 16.4 Å². The van der Waals surface area contributed by atoms with Crippen LogP contribution in [0, 0.1) is 0 Å². The first-order chi connectivity index (χ1) is 7.66. The van der Waals surface area contributed by atoms with Crippen molar-refractivity contribution >= 4 is 27.5 Å². The van der Waals surface area contributed by atoms with Gasteiger partial charge in [-0.05, 0) is 47.1 Å². The maximum atomic E-state index is 11.0. The summed E-state index contributed by atoms with van der Waals surface area (Å²) in [6.07, 6.45) is 1.12. The van der Waals surface area contributed by atoms with Gasteiger partial charge in [-0.2, -0.15) is 0 Å². The molecular weight excluding hydrogens is 270 g/mol. The van der Waals surface area contributed by atoms with Gasteiger partial charge in [0.2, 0.25) is 5.91 Å². The molecule has 1 fully saturated rings. The molecule has 2 rings (SSSR count). The quantitative estimate of drug-likeness (QED) is 0.784. The van der Waals surface area contributed by atoms with Crippen molar-refractivity contribution in [1.82, 2.24) is 5.32 Å². The molecule has 86 valence electrons. The summed E-state index contributed by atoms with van der Waals surface area (Å²) in [6, 6.07) is 5.81. The Labute approximate surface area is 103 Å². The summed E-state index contributed by atoms with van der Waals surface area (Å²) in [5.74, 6) is -0.408. The Bertz CT molecular complexity index is 402. The van der Waals surface area contributed by atoms with E-state index in [9.17, 15) is 4.79 Å². The van der Waals surface area contributed by atoms with E-state index < -0.39 is 5.91 Å². The summed E-state index contributed by atoms with van der Waals surface area (Å²) >= 11 is 3.43. The van der Waals surface area contributed by atoms with E-state index in [2.05, 4.69) is 26.6 Å². The molecule has 1 atom stereocenters. The van der Waals surface area contributed by atoms with Gasteiger partial charge in [-0.3, -0.25) is 4.79 Å². The predicted molar refractivity (Wildman–Crippen MR) is 67.6 cm³/mol. The van der Waals surface area contributed by atoms with Crippen molar-refractivity contribution in [3.05, 3.63) is 28.2 Å². The van der Waals surface area contributed by atoms with Crippen LogP contribution in [0.2, 0.25) is 0 Å². The Morgan fingerprint density at radius 3 is 2.94 bits per heavy atom. The molecular formula is C11H14BrN3O. The Morgan fingerprint density at radius 1 is 1.56 bits per heavy atom. The minimum absolute atomic E-state index is 0.408. The smallest absolute Gasteiger partial charge is 0.248 e. The minimum atomic E-state index is -0.408. The number of rotatable bonds is 3. The molecule has 0 radical (unpaired) electrons. The van der Waals surface area contributed by atoms with Crippen LogP contribution in [-0.4, -0.2) is 25.0 Å². The number of carbonyl (C=O) groups excluding carboxylic acids is 1. The maximum Gasteiger partial charge on any atom is 0.248 e. The van der Waals surface area contributed by atoms with E-state index in [1.54, 1.807) is 12.1 Å². The van der Waals surface area contributed by atoms with Crippen molar-refractivity contribution in [2.75, 3.05) is 18.4 Å². The van der Waals surface area contributed by atoms with Gasteiger partial charge in [0.05, 0.1) is 0 Å². The summed E-state index contributed by atoms with van der Waals surface area (Å²) in [5, 5.41) is 6.70. The van der Waals surface area contributed by atoms with E-state index in [0.717, 1.165) is 29.7 Å². The Kier molecular flexibility index (Phi) is 3.46. The zero-order valence-corrected chi connectivity index (χ0v) is 10.4. The molecule has 0 aliphatic carbocycles. The third kappa shape index (κ3) is 2.54. The van der Waals surface area contributed by atoms with Crippen LogP contribution in [0.15, 0.2) is 22.7 Å². The van der Waals surface area contributed by atoms with E-state index in [-0.39, 0.29) is 0 Å². The summed E-state index contributed by atoms with van der Waals surface area (Å²) in [6.45, 7) is 2.03. The van der Waals surface area contributed by atoms with E-state index in [1.807, 2.05) is 6.07 Å². The van der Waals surface area contributed by atoms with Crippen LogP contribution in [0.5, 0.6) is 0 Å². The highest BCUT2D eigenvalue weighted by molar-refractivity contribution is 9.10. The van der Waals surface area contributed by atoms with Crippen LogP contribution in [0.1, 0.15) is 16.8 Å². The normalized spacial score (nSPS) is 19.7. The van der Waals surface area contributed by atoms with Crippen LogP contribution in [-0.2, 0) is 0 Å². The third-order valence-corrected chi connectivity index (χ3v) is 3.33. The summed E-state index contributed by atoms with van der Waals surface area (Å²) in [7, 11) is 0. The van der Waals surface area contributed by atoms with Gasteiger partial charge in [0.15, 0.2) is 0 Å². The fraction of sp³-hybridized carbons (Fsp3) is 0.364. The van der Waals surface area contributed by atoms with Gasteiger partial charge < -0.3 is 16.4 Å². The molecule has 1 amide bonds. The zero-order chi connectivity index (χ0) is 11.5. The molecule has 16 heavy (non-hydrogen) atoms. The van der Waals surface area contributed by atoms with Crippen molar-refractivity contribution in [3.63, 3.8) is 0 Å². The Balaban J connectivity index is 2.12. The molecule has 1 aromatic carbocycles. The highest BCUT2D eigenvalue weighted by atomic mass is 79.9. The lowest BCUT2D eigenvalue weighted by Crippen LogP contribution is -2.22. The molecule has 4 N–H and O–H groups in total. The topological polar surface area (TPSA) is 67.2 Å². The second-order valence-electron chi connectivity index (χ2n) is 3.89. The predicted octanol–water partition coefficient (Wildman–Crippen LogP) is 1.32. The lowest BCUT2D eigenvalue weighted by atomic mass is 10.2. The number of anilines is 1. The highest BCUT2D eigenvalue weighted by Gasteiger charge is 2.15. The first-order valence-corrected chi connectivity index (χ1v) is 6.03. The number of benzene rings is 1. The number of hydrogen-bond donors (Lipinski definition) is 3. The molecule has 1 heterocycles. The van der Waals surface area contributed by atoms with Gasteiger partial charge in [-0.25, -0.2) is 0 Å². The molecule has 0 aromatic heterocycles. The second kappa shape index (κ2) is 4.84. The molecule has 0 spiro atoms. The number of carbonyl (C=O) groups is 1. The first kappa shape index (κ1) is 11.4. The molecule has 1 aromatic rings. The van der Waals surface area contributed by atoms with E-state index >= 15 is 0 Å². The third-order valence-electron chi connectivity index (χ3n) is 2.67. The van der Waals surface area contributed by atoms with Crippen molar-refractivity contribution < 1.29 is 4.79 Å². The van der Waals surface area contributed by atoms with Gasteiger partial charge in [-0.15, -0.1) is 0 Å². The molecule has 0 bridgehead atoms. The SMILES string of the molecule is NC(=O)c1ccc(NC2CCNC2)c(Br)c1. The van der Waals surface area contributed by atoms with Crippen molar-refractivity contribution in [2.24, 2.45) is 5.73 Å². The number of nitrogens with two attached hydrogens (primary N) is 1. The van der Waals surface area contributed by atoms with Crippen LogP contribution in [0.4, 0.5) is 5.69 Å². The van der Waals surface area contributed by atoms with Gasteiger partial charge in [0.1, 0.15) is 0 Å². The van der Waals surface area contributed by atoms with E-state index in [1.165, 1.54) is 0 Å². The van der Waals surface area contributed by atoms with E-state index in [4.69, 9.17) is 5.73 Å². The molecule has 0 saturated carbocycles. The second-order valence-corrected chi connectivity index (χ2v) is 4.75.